The Balaban J connectivity index is 1.48. The Hall–Kier alpha value is -3.07. The molecule has 2 aromatic carbocycles. The van der Waals surface area contributed by atoms with Crippen LogP contribution in [0.1, 0.15) is 18.4 Å². The number of aryl methyl sites for hydroxylation is 1. The Morgan fingerprint density at radius 2 is 1.76 bits per heavy atom. The molecule has 0 aliphatic carbocycles. The van der Waals surface area contributed by atoms with Gasteiger partial charge in [-0.25, -0.2) is 10.6 Å². The van der Waals surface area contributed by atoms with Crippen LogP contribution in [0.3, 0.4) is 0 Å². The van der Waals surface area contributed by atoms with Gasteiger partial charge in [-0.1, -0.05) is 18.2 Å². The molecule has 0 saturated carbocycles. The number of hydrazine groups is 1. The fourth-order valence-corrected chi connectivity index (χ4v) is 3.78. The van der Waals surface area contributed by atoms with Gasteiger partial charge in [-0.05, 0) is 69.3 Å². The molecule has 1 heterocycles. The molecule has 2 aromatic rings. The monoisotopic (exact) mass is 451 g/mol. The summed E-state index contributed by atoms with van der Waals surface area (Å²) in [6.45, 7) is 7.62. The van der Waals surface area contributed by atoms with Gasteiger partial charge >= 0.3 is 6.03 Å². The Morgan fingerprint density at radius 1 is 1.06 bits per heavy atom. The Bertz CT molecular complexity index is 921. The van der Waals surface area contributed by atoms with Crippen LogP contribution in [0.4, 0.5) is 21.9 Å². The van der Waals surface area contributed by atoms with E-state index in [-0.39, 0.29) is 6.03 Å². The molecule has 5 N–H and O–H groups in total. The molecule has 0 radical (unpaired) electrons. The van der Waals surface area contributed by atoms with Crippen LogP contribution in [0, 0.1) is 6.92 Å². The van der Waals surface area contributed by atoms with E-state index < -0.39 is 0 Å². The number of allylic oxidation sites excluding steroid dienone is 1. The summed E-state index contributed by atoms with van der Waals surface area (Å²) in [7, 11) is 4.10. The fourth-order valence-electron chi connectivity index (χ4n) is 3.78. The van der Waals surface area contributed by atoms with E-state index in [0.29, 0.717) is 5.69 Å². The highest BCUT2D eigenvalue weighted by atomic mass is 16.2. The SMILES string of the molecule is CN/C(=C\N(N)c1ccc(NC(=O)Nc2ccccc2C)cc1)CCCN1CCN(C)CC1. The highest BCUT2D eigenvalue weighted by Crippen LogP contribution is 2.18. The molecule has 0 unspecified atom stereocenters. The summed E-state index contributed by atoms with van der Waals surface area (Å²) in [4.78, 5) is 17.2. The second kappa shape index (κ2) is 12.2. The number of rotatable bonds is 9. The molecule has 33 heavy (non-hydrogen) atoms. The van der Waals surface area contributed by atoms with Gasteiger partial charge in [0.25, 0.3) is 0 Å². The van der Waals surface area contributed by atoms with Crippen LogP contribution >= 0.6 is 0 Å². The van der Waals surface area contributed by atoms with Gasteiger partial charge < -0.3 is 25.8 Å². The number of carbonyl (C=O) groups is 1. The zero-order valence-corrected chi connectivity index (χ0v) is 20.0. The second-order valence-corrected chi connectivity index (χ2v) is 8.50. The molecule has 1 aliphatic heterocycles. The largest absolute Gasteiger partial charge is 0.390 e. The number of hydrogen-bond acceptors (Lipinski definition) is 6. The lowest BCUT2D eigenvalue weighted by molar-refractivity contribution is 0.153. The van der Waals surface area contributed by atoms with Gasteiger partial charge in [-0.15, -0.1) is 0 Å². The van der Waals surface area contributed by atoms with E-state index >= 15 is 0 Å². The summed E-state index contributed by atoms with van der Waals surface area (Å²) < 4.78 is 0. The molecule has 0 aromatic heterocycles. The Morgan fingerprint density at radius 3 is 2.42 bits per heavy atom. The molecule has 8 nitrogen and oxygen atoms in total. The highest BCUT2D eigenvalue weighted by molar-refractivity contribution is 6.00. The third-order valence-corrected chi connectivity index (χ3v) is 5.95. The standard InChI is InChI=1S/C25H37N7O/c1-20-7-4-5-9-24(20)29-25(33)28-21-10-12-23(13-11-21)32(26)19-22(27-2)8-6-14-31-17-15-30(3)16-18-31/h4-5,7,9-13,19,27H,6,8,14-18,26H2,1-3H3,(H2,28,29,33)/b22-19-. The summed E-state index contributed by atoms with van der Waals surface area (Å²) >= 11 is 0. The second-order valence-electron chi connectivity index (χ2n) is 8.50. The quantitative estimate of drug-likeness (QED) is 0.345. The summed E-state index contributed by atoms with van der Waals surface area (Å²) in [6.07, 6.45) is 3.95. The number of benzene rings is 2. The molecule has 3 rings (SSSR count). The molecule has 1 saturated heterocycles. The third kappa shape index (κ3) is 7.78. The topological polar surface area (TPSA) is 88.9 Å². The van der Waals surface area contributed by atoms with E-state index in [9.17, 15) is 4.79 Å². The third-order valence-electron chi connectivity index (χ3n) is 5.95. The average Bonchev–Trinajstić information content (AvgIpc) is 2.81. The van der Waals surface area contributed by atoms with Crippen LogP contribution in [-0.4, -0.2) is 62.7 Å². The minimum atomic E-state index is -0.278. The van der Waals surface area contributed by atoms with Crippen LogP contribution in [0.25, 0.3) is 0 Å². The number of nitrogens with one attached hydrogen (secondary N) is 3. The van der Waals surface area contributed by atoms with Gasteiger partial charge in [0.05, 0.1) is 5.69 Å². The van der Waals surface area contributed by atoms with E-state index in [1.54, 1.807) is 5.01 Å². The molecule has 1 fully saturated rings. The molecular weight excluding hydrogens is 414 g/mol. The van der Waals surface area contributed by atoms with Crippen molar-refractivity contribution in [3.8, 4) is 0 Å². The lowest BCUT2D eigenvalue weighted by atomic mass is 10.2. The lowest BCUT2D eigenvalue weighted by Gasteiger charge is -2.32. The number of nitrogens with zero attached hydrogens (tertiary/aromatic N) is 3. The number of anilines is 3. The van der Waals surface area contributed by atoms with Crippen molar-refractivity contribution in [2.75, 3.05) is 62.5 Å². The molecule has 2 amide bonds. The van der Waals surface area contributed by atoms with E-state index in [4.69, 9.17) is 5.84 Å². The number of hydrogen-bond donors (Lipinski definition) is 4. The Labute approximate surface area is 197 Å². The number of nitrogens with two attached hydrogens (primary N) is 1. The molecule has 0 bridgehead atoms. The lowest BCUT2D eigenvalue weighted by Crippen LogP contribution is -2.44. The van der Waals surface area contributed by atoms with Crippen LogP contribution in [-0.2, 0) is 0 Å². The van der Waals surface area contributed by atoms with Crippen LogP contribution in [0.2, 0.25) is 0 Å². The molecule has 0 atom stereocenters. The van der Waals surface area contributed by atoms with Crippen molar-refractivity contribution in [3.05, 3.63) is 66.0 Å². The molecule has 1 aliphatic rings. The first-order valence-electron chi connectivity index (χ1n) is 11.5. The van der Waals surface area contributed by atoms with Crippen LogP contribution in [0.15, 0.2) is 60.4 Å². The number of likely N-dealkylation sites (N-methyl/N-ethyl adjacent to an activating group) is 1. The Kier molecular flexibility index (Phi) is 9.12. The summed E-state index contributed by atoms with van der Waals surface area (Å²) in [5, 5.41) is 10.6. The first-order valence-corrected chi connectivity index (χ1v) is 11.5. The number of amides is 2. The molecule has 0 spiro atoms. The maximum absolute atomic E-state index is 12.3. The van der Waals surface area contributed by atoms with E-state index in [1.165, 1.54) is 0 Å². The van der Waals surface area contributed by atoms with Crippen molar-refractivity contribution in [1.82, 2.24) is 15.1 Å². The highest BCUT2D eigenvalue weighted by Gasteiger charge is 2.13. The number of carbonyl (C=O) groups excluding carboxylic acids is 1. The minimum absolute atomic E-state index is 0.278. The van der Waals surface area contributed by atoms with Gasteiger partial charge in [0.1, 0.15) is 0 Å². The summed E-state index contributed by atoms with van der Waals surface area (Å²) in [6, 6.07) is 14.8. The van der Waals surface area contributed by atoms with Gasteiger partial charge in [0.2, 0.25) is 0 Å². The predicted molar refractivity (Wildman–Crippen MR) is 137 cm³/mol. The van der Waals surface area contributed by atoms with Crippen molar-refractivity contribution >= 4 is 23.1 Å². The fraction of sp³-hybridized carbons (Fsp3) is 0.400. The van der Waals surface area contributed by atoms with E-state index in [1.807, 2.05) is 68.7 Å². The normalized spacial score (nSPS) is 15.2. The van der Waals surface area contributed by atoms with E-state index in [2.05, 4.69) is 32.8 Å². The van der Waals surface area contributed by atoms with Crippen molar-refractivity contribution in [2.45, 2.75) is 19.8 Å². The van der Waals surface area contributed by atoms with Gasteiger partial charge in [-0.3, -0.25) is 5.01 Å². The van der Waals surface area contributed by atoms with Crippen molar-refractivity contribution in [3.63, 3.8) is 0 Å². The van der Waals surface area contributed by atoms with Crippen LogP contribution in [0.5, 0.6) is 0 Å². The number of para-hydroxylation sites is 1. The van der Waals surface area contributed by atoms with Crippen molar-refractivity contribution in [1.29, 1.82) is 0 Å². The first-order chi connectivity index (χ1) is 15.9. The molecule has 8 heteroatoms. The maximum atomic E-state index is 12.3. The number of urea groups is 1. The molecule has 178 valence electrons. The summed E-state index contributed by atoms with van der Waals surface area (Å²) in [5.74, 6) is 6.27. The zero-order chi connectivity index (χ0) is 23.6. The maximum Gasteiger partial charge on any atom is 0.323 e. The average molecular weight is 452 g/mol. The zero-order valence-electron chi connectivity index (χ0n) is 20.0. The van der Waals surface area contributed by atoms with Gasteiger partial charge in [0.15, 0.2) is 0 Å². The number of piperazine rings is 1. The first kappa shape index (κ1) is 24.6. The van der Waals surface area contributed by atoms with Gasteiger partial charge in [-0.2, -0.15) is 0 Å². The summed E-state index contributed by atoms with van der Waals surface area (Å²) in [5.41, 5.74) is 4.43. The predicted octanol–water partition coefficient (Wildman–Crippen LogP) is 3.41. The van der Waals surface area contributed by atoms with Crippen LogP contribution < -0.4 is 26.8 Å². The minimum Gasteiger partial charge on any atom is -0.390 e. The van der Waals surface area contributed by atoms with Gasteiger partial charge in [0, 0.05) is 56.5 Å². The van der Waals surface area contributed by atoms with Crippen molar-refractivity contribution in [2.24, 2.45) is 5.84 Å². The van der Waals surface area contributed by atoms with E-state index in [0.717, 1.165) is 68.2 Å². The molecular formula is C25H37N7O. The van der Waals surface area contributed by atoms with Crippen molar-refractivity contribution < 1.29 is 4.79 Å². The smallest absolute Gasteiger partial charge is 0.323 e.